The number of hydrogen-bond donors (Lipinski definition) is 0. The van der Waals surface area contributed by atoms with Gasteiger partial charge < -0.3 is 4.74 Å². The van der Waals surface area contributed by atoms with Crippen LogP contribution in [0.5, 0.6) is 5.75 Å². The molecule has 0 aliphatic rings. The molecule has 0 unspecified atom stereocenters. The van der Waals surface area contributed by atoms with Crippen LogP contribution >= 0.6 is 15.9 Å². The third kappa shape index (κ3) is 3.46. The largest absolute Gasteiger partial charge is 0.497 e. The topological polar surface area (TPSA) is 26.3 Å². The molecule has 6 heteroatoms. The minimum absolute atomic E-state index is 0.0232. The summed E-state index contributed by atoms with van der Waals surface area (Å²) in [7, 11) is 1.27. The molecule has 17 heavy (non-hydrogen) atoms. The molecule has 1 rings (SSSR count). The van der Waals surface area contributed by atoms with E-state index in [1.807, 2.05) is 0 Å². The fraction of sp³-hybridized carbons (Fsp3) is 0.364. The predicted octanol–water partition coefficient (Wildman–Crippen LogP) is 3.68. The molecule has 0 spiro atoms. The maximum absolute atomic E-state index is 12.7. The molecule has 1 aromatic rings. The molecule has 0 fully saturated rings. The van der Waals surface area contributed by atoms with Gasteiger partial charge in [-0.1, -0.05) is 15.9 Å². The van der Waals surface area contributed by atoms with Crippen molar-refractivity contribution < 1.29 is 22.7 Å². The second-order valence-corrected chi connectivity index (χ2v) is 4.06. The Bertz CT molecular complexity index is 416. The van der Waals surface area contributed by atoms with Crippen molar-refractivity contribution >= 4 is 21.7 Å². The molecular weight excluding hydrogens is 301 g/mol. The Morgan fingerprint density at radius 3 is 2.53 bits per heavy atom. The van der Waals surface area contributed by atoms with Gasteiger partial charge in [-0.2, -0.15) is 13.2 Å². The van der Waals surface area contributed by atoms with E-state index in [-0.39, 0.29) is 17.7 Å². The lowest BCUT2D eigenvalue weighted by Gasteiger charge is -2.13. The van der Waals surface area contributed by atoms with Crippen LogP contribution in [-0.2, 0) is 6.18 Å². The third-order valence-corrected chi connectivity index (χ3v) is 2.55. The summed E-state index contributed by atoms with van der Waals surface area (Å²) in [6, 6.07) is 3.32. The molecular formula is C11H10BrF3O2. The van der Waals surface area contributed by atoms with E-state index in [0.717, 1.165) is 12.1 Å². The standard InChI is InChI=1S/C11H10BrF3O2/c1-17-7-2-3-8(10(16)4-5-12)9(6-7)11(13,14)15/h2-3,6H,4-5H2,1H3. The minimum atomic E-state index is -4.56. The molecule has 0 radical (unpaired) electrons. The summed E-state index contributed by atoms with van der Waals surface area (Å²) >= 11 is 3.02. The fourth-order valence-electron chi connectivity index (χ4n) is 1.35. The highest BCUT2D eigenvalue weighted by Gasteiger charge is 2.35. The van der Waals surface area contributed by atoms with E-state index in [1.54, 1.807) is 0 Å². The number of carbonyl (C=O) groups is 1. The number of alkyl halides is 4. The van der Waals surface area contributed by atoms with Gasteiger partial charge in [0.1, 0.15) is 5.75 Å². The van der Waals surface area contributed by atoms with Gasteiger partial charge in [-0.15, -0.1) is 0 Å². The Balaban J connectivity index is 3.25. The normalized spacial score (nSPS) is 11.4. The van der Waals surface area contributed by atoms with Gasteiger partial charge in [0.2, 0.25) is 0 Å². The Morgan fingerprint density at radius 1 is 1.41 bits per heavy atom. The Morgan fingerprint density at radius 2 is 2.06 bits per heavy atom. The van der Waals surface area contributed by atoms with Crippen LogP contribution in [0.3, 0.4) is 0 Å². The van der Waals surface area contributed by atoms with E-state index in [9.17, 15) is 18.0 Å². The summed E-state index contributed by atoms with van der Waals surface area (Å²) in [5.41, 5.74) is -1.28. The maximum Gasteiger partial charge on any atom is 0.417 e. The molecule has 0 aliphatic carbocycles. The Hall–Kier alpha value is -1.04. The van der Waals surface area contributed by atoms with Crippen LogP contribution in [0.4, 0.5) is 13.2 Å². The summed E-state index contributed by atoms with van der Waals surface area (Å²) in [5.74, 6) is -0.468. The van der Waals surface area contributed by atoms with Crippen LogP contribution in [0.15, 0.2) is 18.2 Å². The summed E-state index contributed by atoms with van der Waals surface area (Å²) in [6.07, 6.45) is -4.54. The molecule has 0 atom stereocenters. The molecule has 0 amide bonds. The zero-order chi connectivity index (χ0) is 13.1. The Labute approximate surface area is 105 Å². The van der Waals surface area contributed by atoms with Gasteiger partial charge in [0.25, 0.3) is 0 Å². The van der Waals surface area contributed by atoms with Crippen molar-refractivity contribution in [2.45, 2.75) is 12.6 Å². The van der Waals surface area contributed by atoms with E-state index in [4.69, 9.17) is 4.74 Å². The molecule has 0 aromatic heterocycles. The molecule has 0 aliphatic heterocycles. The molecule has 0 N–H and O–H groups in total. The van der Waals surface area contributed by atoms with Crippen LogP contribution in [-0.4, -0.2) is 18.2 Å². The second-order valence-electron chi connectivity index (χ2n) is 3.27. The smallest absolute Gasteiger partial charge is 0.417 e. The van der Waals surface area contributed by atoms with E-state index in [1.165, 1.54) is 13.2 Å². The van der Waals surface area contributed by atoms with Crippen LogP contribution in [0, 0.1) is 0 Å². The number of carbonyl (C=O) groups excluding carboxylic acids is 1. The number of ketones is 1. The highest BCUT2D eigenvalue weighted by Crippen LogP contribution is 2.34. The number of hydrogen-bond acceptors (Lipinski definition) is 2. The molecule has 0 saturated carbocycles. The number of rotatable bonds is 4. The van der Waals surface area contributed by atoms with Crippen LogP contribution in [0.2, 0.25) is 0 Å². The summed E-state index contributed by atoms with van der Waals surface area (Å²) in [5, 5.41) is 0.329. The second kappa shape index (κ2) is 5.53. The number of methoxy groups -OCH3 is 1. The van der Waals surface area contributed by atoms with Gasteiger partial charge in [0.15, 0.2) is 5.78 Å². The van der Waals surface area contributed by atoms with Crippen molar-refractivity contribution in [3.63, 3.8) is 0 Å². The first-order valence-electron chi connectivity index (χ1n) is 4.74. The van der Waals surface area contributed by atoms with Gasteiger partial charge in [0, 0.05) is 17.3 Å². The average molecular weight is 311 g/mol. The molecule has 0 bridgehead atoms. The Kier molecular flexibility index (Phi) is 4.56. The first kappa shape index (κ1) is 14.0. The van der Waals surface area contributed by atoms with E-state index < -0.39 is 17.5 Å². The van der Waals surface area contributed by atoms with Gasteiger partial charge in [-0.05, 0) is 18.2 Å². The lowest BCUT2D eigenvalue weighted by atomic mass is 10.0. The summed E-state index contributed by atoms with van der Waals surface area (Å²) in [4.78, 5) is 11.5. The monoisotopic (exact) mass is 310 g/mol. The van der Waals surface area contributed by atoms with E-state index in [0.29, 0.717) is 5.33 Å². The van der Waals surface area contributed by atoms with Crippen molar-refractivity contribution in [3.05, 3.63) is 29.3 Å². The minimum Gasteiger partial charge on any atom is -0.497 e. The molecule has 94 valence electrons. The number of halogens is 4. The average Bonchev–Trinajstić information content (AvgIpc) is 2.27. The van der Waals surface area contributed by atoms with Crippen LogP contribution in [0.1, 0.15) is 22.3 Å². The lowest BCUT2D eigenvalue weighted by Crippen LogP contribution is -2.13. The number of Topliss-reactive ketones (excluding diaryl/α,β-unsaturated/α-hetero) is 1. The first-order valence-corrected chi connectivity index (χ1v) is 5.86. The fourth-order valence-corrected chi connectivity index (χ4v) is 1.71. The van der Waals surface area contributed by atoms with Crippen molar-refractivity contribution in [2.24, 2.45) is 0 Å². The van der Waals surface area contributed by atoms with Crippen LogP contribution in [0.25, 0.3) is 0 Å². The highest BCUT2D eigenvalue weighted by molar-refractivity contribution is 9.09. The number of ether oxygens (including phenoxy) is 1. The summed E-state index contributed by atoms with van der Waals surface area (Å²) < 4.78 is 43.0. The van der Waals surface area contributed by atoms with Crippen LogP contribution < -0.4 is 4.74 Å². The van der Waals surface area contributed by atoms with E-state index >= 15 is 0 Å². The summed E-state index contributed by atoms with van der Waals surface area (Å²) in [6.45, 7) is 0. The quantitative estimate of drug-likeness (QED) is 0.626. The van der Waals surface area contributed by atoms with Crippen molar-refractivity contribution in [3.8, 4) is 5.75 Å². The van der Waals surface area contributed by atoms with Gasteiger partial charge in [-0.25, -0.2) is 0 Å². The lowest BCUT2D eigenvalue weighted by molar-refractivity contribution is -0.138. The SMILES string of the molecule is COc1ccc(C(=O)CCBr)c(C(F)(F)F)c1. The molecule has 0 saturated heterocycles. The van der Waals surface area contributed by atoms with Gasteiger partial charge >= 0.3 is 6.18 Å². The molecule has 2 nitrogen and oxygen atoms in total. The van der Waals surface area contributed by atoms with Gasteiger partial charge in [-0.3, -0.25) is 4.79 Å². The molecule has 1 aromatic carbocycles. The van der Waals surface area contributed by atoms with Crippen molar-refractivity contribution in [1.29, 1.82) is 0 Å². The third-order valence-electron chi connectivity index (χ3n) is 2.15. The zero-order valence-corrected chi connectivity index (χ0v) is 10.6. The molecule has 0 heterocycles. The van der Waals surface area contributed by atoms with E-state index in [2.05, 4.69) is 15.9 Å². The predicted molar refractivity (Wildman–Crippen MR) is 60.7 cm³/mol. The first-order chi connectivity index (χ1) is 7.90. The van der Waals surface area contributed by atoms with Crippen molar-refractivity contribution in [1.82, 2.24) is 0 Å². The van der Waals surface area contributed by atoms with Crippen molar-refractivity contribution in [2.75, 3.05) is 12.4 Å². The highest BCUT2D eigenvalue weighted by atomic mass is 79.9. The number of benzene rings is 1. The zero-order valence-electron chi connectivity index (χ0n) is 8.97. The van der Waals surface area contributed by atoms with Gasteiger partial charge in [0.05, 0.1) is 12.7 Å². The maximum atomic E-state index is 12.7.